The standard InChI is InChI=1S/C15H23N3O3/c1-18(9-12-3-6-16-7-4-12)10-15(19)17-13-11-21-8-5-14(13)20-2/h3-4,6-7,13-14H,5,8-11H2,1-2H3,(H,17,19)/t13-,14-/m1/s1. The Morgan fingerprint density at radius 3 is 3.00 bits per heavy atom. The molecule has 0 bridgehead atoms. The van der Waals surface area contributed by atoms with Gasteiger partial charge in [-0.05, 0) is 31.2 Å². The minimum atomic E-state index is -0.0643. The number of nitrogens with zero attached hydrogens (tertiary/aromatic N) is 2. The predicted octanol–water partition coefficient (Wildman–Crippen LogP) is 0.434. The Hall–Kier alpha value is -1.50. The van der Waals surface area contributed by atoms with E-state index in [9.17, 15) is 4.79 Å². The van der Waals surface area contributed by atoms with Gasteiger partial charge in [-0.15, -0.1) is 0 Å². The largest absolute Gasteiger partial charge is 0.379 e. The van der Waals surface area contributed by atoms with Gasteiger partial charge in [-0.25, -0.2) is 0 Å². The van der Waals surface area contributed by atoms with Crippen LogP contribution >= 0.6 is 0 Å². The first-order valence-corrected chi connectivity index (χ1v) is 7.16. The highest BCUT2D eigenvalue weighted by atomic mass is 16.5. The third-order valence-electron chi connectivity index (χ3n) is 3.56. The lowest BCUT2D eigenvalue weighted by molar-refractivity contribution is -0.126. The molecular formula is C15H23N3O3. The molecule has 116 valence electrons. The van der Waals surface area contributed by atoms with E-state index in [4.69, 9.17) is 9.47 Å². The van der Waals surface area contributed by atoms with Gasteiger partial charge >= 0.3 is 0 Å². The Labute approximate surface area is 125 Å². The Balaban J connectivity index is 1.78. The molecular weight excluding hydrogens is 270 g/mol. The first-order valence-electron chi connectivity index (χ1n) is 7.16. The monoisotopic (exact) mass is 293 g/mol. The maximum absolute atomic E-state index is 12.1. The number of aromatic nitrogens is 1. The van der Waals surface area contributed by atoms with Crippen LogP contribution < -0.4 is 5.32 Å². The van der Waals surface area contributed by atoms with Crippen LogP contribution in [0.25, 0.3) is 0 Å². The molecule has 0 saturated carbocycles. The van der Waals surface area contributed by atoms with Gasteiger partial charge in [0.25, 0.3) is 0 Å². The molecule has 0 aliphatic carbocycles. The minimum absolute atomic E-state index is 0.0101. The lowest BCUT2D eigenvalue weighted by Crippen LogP contribution is -2.52. The Morgan fingerprint density at radius 2 is 2.29 bits per heavy atom. The highest BCUT2D eigenvalue weighted by Crippen LogP contribution is 2.11. The third-order valence-corrected chi connectivity index (χ3v) is 3.56. The first-order chi connectivity index (χ1) is 10.2. The van der Waals surface area contributed by atoms with E-state index in [-0.39, 0.29) is 18.1 Å². The normalized spacial score (nSPS) is 22.2. The van der Waals surface area contributed by atoms with Crippen LogP contribution in [0.2, 0.25) is 0 Å². The molecule has 1 N–H and O–H groups in total. The predicted molar refractivity (Wildman–Crippen MR) is 78.7 cm³/mol. The summed E-state index contributed by atoms with van der Waals surface area (Å²) in [6.45, 7) is 2.26. The van der Waals surface area contributed by atoms with Crippen LogP contribution in [0.3, 0.4) is 0 Å². The van der Waals surface area contributed by atoms with Gasteiger partial charge in [-0.3, -0.25) is 14.7 Å². The Morgan fingerprint density at radius 1 is 1.52 bits per heavy atom. The number of methoxy groups -OCH3 is 1. The SMILES string of the molecule is CO[C@@H]1CCOC[C@H]1NC(=O)CN(C)Cc1ccncc1. The van der Waals surface area contributed by atoms with E-state index in [0.717, 1.165) is 12.0 Å². The summed E-state index contributed by atoms with van der Waals surface area (Å²) in [5, 5.41) is 2.99. The van der Waals surface area contributed by atoms with E-state index in [2.05, 4.69) is 10.3 Å². The fourth-order valence-corrected chi connectivity index (χ4v) is 2.49. The zero-order valence-electron chi connectivity index (χ0n) is 12.6. The fourth-order valence-electron chi connectivity index (χ4n) is 2.49. The Bertz CT molecular complexity index is 441. The van der Waals surface area contributed by atoms with Gasteiger partial charge in [-0.2, -0.15) is 0 Å². The van der Waals surface area contributed by atoms with Gasteiger partial charge in [-0.1, -0.05) is 0 Å². The summed E-state index contributed by atoms with van der Waals surface area (Å²) in [4.78, 5) is 18.0. The number of nitrogens with one attached hydrogen (secondary N) is 1. The summed E-state index contributed by atoms with van der Waals surface area (Å²) >= 11 is 0. The molecule has 1 saturated heterocycles. The molecule has 1 fully saturated rings. The van der Waals surface area contributed by atoms with Crippen LogP contribution in [0.15, 0.2) is 24.5 Å². The second-order valence-electron chi connectivity index (χ2n) is 5.34. The van der Waals surface area contributed by atoms with Gasteiger partial charge in [0.1, 0.15) is 0 Å². The van der Waals surface area contributed by atoms with Crippen LogP contribution in [-0.2, 0) is 20.8 Å². The summed E-state index contributed by atoms with van der Waals surface area (Å²) in [5.74, 6) is -0.0101. The molecule has 2 atom stereocenters. The lowest BCUT2D eigenvalue weighted by Gasteiger charge is -2.31. The first kappa shape index (κ1) is 15.9. The van der Waals surface area contributed by atoms with Crippen molar-refractivity contribution in [2.24, 2.45) is 0 Å². The highest BCUT2D eigenvalue weighted by Gasteiger charge is 2.27. The van der Waals surface area contributed by atoms with Crippen molar-refractivity contribution in [2.45, 2.75) is 25.1 Å². The van der Waals surface area contributed by atoms with E-state index in [1.54, 1.807) is 19.5 Å². The smallest absolute Gasteiger partial charge is 0.234 e. The summed E-state index contributed by atoms with van der Waals surface area (Å²) in [6.07, 6.45) is 4.36. The van der Waals surface area contributed by atoms with Crippen molar-refractivity contribution in [1.82, 2.24) is 15.2 Å². The maximum Gasteiger partial charge on any atom is 0.234 e. The van der Waals surface area contributed by atoms with E-state index in [0.29, 0.717) is 26.3 Å². The molecule has 0 radical (unpaired) electrons. The number of carbonyl (C=O) groups is 1. The van der Waals surface area contributed by atoms with Gasteiger partial charge in [0.2, 0.25) is 5.91 Å². The van der Waals surface area contributed by atoms with Crippen LogP contribution in [0.4, 0.5) is 0 Å². The number of likely N-dealkylation sites (N-methyl/N-ethyl adjacent to an activating group) is 1. The molecule has 1 aromatic rings. The zero-order chi connectivity index (χ0) is 15.1. The molecule has 0 aromatic carbocycles. The molecule has 0 unspecified atom stereocenters. The average molecular weight is 293 g/mol. The van der Waals surface area contributed by atoms with Crippen molar-refractivity contribution in [3.63, 3.8) is 0 Å². The topological polar surface area (TPSA) is 63.7 Å². The third kappa shape index (κ3) is 5.08. The lowest BCUT2D eigenvalue weighted by atomic mass is 10.1. The van der Waals surface area contributed by atoms with Crippen LogP contribution in [-0.4, -0.2) is 61.9 Å². The molecule has 6 heteroatoms. The molecule has 1 amide bonds. The van der Waals surface area contributed by atoms with Crippen molar-refractivity contribution in [3.05, 3.63) is 30.1 Å². The van der Waals surface area contributed by atoms with E-state index >= 15 is 0 Å². The number of ether oxygens (including phenoxy) is 2. The molecule has 1 aliphatic heterocycles. The Kier molecular flexibility index (Phi) is 6.10. The van der Waals surface area contributed by atoms with Crippen LogP contribution in [0.1, 0.15) is 12.0 Å². The number of amides is 1. The molecule has 2 heterocycles. The number of pyridine rings is 1. The molecule has 6 nitrogen and oxygen atoms in total. The average Bonchev–Trinajstić information content (AvgIpc) is 2.48. The van der Waals surface area contributed by atoms with Gasteiger partial charge in [0.15, 0.2) is 0 Å². The highest BCUT2D eigenvalue weighted by molar-refractivity contribution is 5.78. The molecule has 1 aliphatic rings. The van der Waals surface area contributed by atoms with Crippen molar-refractivity contribution >= 4 is 5.91 Å². The van der Waals surface area contributed by atoms with E-state index in [1.807, 2.05) is 24.1 Å². The van der Waals surface area contributed by atoms with Gasteiger partial charge < -0.3 is 14.8 Å². The van der Waals surface area contributed by atoms with Gasteiger partial charge in [0.05, 0.1) is 25.3 Å². The number of hydrogen-bond acceptors (Lipinski definition) is 5. The molecule has 0 spiro atoms. The van der Waals surface area contributed by atoms with E-state index < -0.39 is 0 Å². The van der Waals surface area contributed by atoms with Crippen LogP contribution in [0.5, 0.6) is 0 Å². The number of rotatable bonds is 6. The summed E-state index contributed by atoms with van der Waals surface area (Å²) < 4.78 is 10.8. The zero-order valence-corrected chi connectivity index (χ0v) is 12.6. The molecule has 21 heavy (non-hydrogen) atoms. The number of carbonyl (C=O) groups excluding carboxylic acids is 1. The summed E-state index contributed by atoms with van der Waals surface area (Å²) in [7, 11) is 3.59. The van der Waals surface area contributed by atoms with Crippen LogP contribution in [0, 0.1) is 0 Å². The van der Waals surface area contributed by atoms with Gasteiger partial charge in [0, 0.05) is 32.7 Å². The minimum Gasteiger partial charge on any atom is -0.379 e. The van der Waals surface area contributed by atoms with E-state index in [1.165, 1.54) is 0 Å². The number of hydrogen-bond donors (Lipinski definition) is 1. The summed E-state index contributed by atoms with van der Waals surface area (Å²) in [6, 6.07) is 3.83. The van der Waals surface area contributed by atoms with Crippen molar-refractivity contribution in [1.29, 1.82) is 0 Å². The molecule has 2 rings (SSSR count). The van der Waals surface area contributed by atoms with Crippen molar-refractivity contribution < 1.29 is 14.3 Å². The van der Waals surface area contributed by atoms with Crippen molar-refractivity contribution in [2.75, 3.05) is 33.9 Å². The molecule has 1 aromatic heterocycles. The van der Waals surface area contributed by atoms with Crippen molar-refractivity contribution in [3.8, 4) is 0 Å². The second-order valence-corrected chi connectivity index (χ2v) is 5.34. The quantitative estimate of drug-likeness (QED) is 0.824. The summed E-state index contributed by atoms with van der Waals surface area (Å²) in [5.41, 5.74) is 1.14. The second kappa shape index (κ2) is 8.07. The maximum atomic E-state index is 12.1. The fraction of sp³-hybridized carbons (Fsp3) is 0.600.